The van der Waals surface area contributed by atoms with E-state index in [4.69, 9.17) is 11.6 Å². The van der Waals surface area contributed by atoms with E-state index >= 15 is 0 Å². The molecule has 5 heteroatoms. The highest BCUT2D eigenvalue weighted by Gasteiger charge is 2.18. The molecule has 18 heavy (non-hydrogen) atoms. The molecule has 100 valence electrons. The molecule has 1 fully saturated rings. The second kappa shape index (κ2) is 6.34. The molecule has 1 aromatic heterocycles. The largest absolute Gasteiger partial charge is 0.369 e. The van der Waals surface area contributed by atoms with E-state index in [0.29, 0.717) is 5.15 Å². The third-order valence-corrected chi connectivity index (χ3v) is 4.12. The highest BCUT2D eigenvalue weighted by Crippen LogP contribution is 2.21. The molecule has 1 aliphatic heterocycles. The van der Waals surface area contributed by atoms with Crippen LogP contribution in [0.2, 0.25) is 5.15 Å². The van der Waals surface area contributed by atoms with E-state index < -0.39 is 0 Å². The fraction of sp³-hybridized carbons (Fsp3) is 0.692. The van der Waals surface area contributed by atoms with E-state index in [0.717, 1.165) is 23.8 Å². The van der Waals surface area contributed by atoms with Crippen LogP contribution in [0.5, 0.6) is 0 Å². The fourth-order valence-corrected chi connectivity index (χ4v) is 2.49. The van der Waals surface area contributed by atoms with Gasteiger partial charge in [-0.2, -0.15) is 0 Å². The van der Waals surface area contributed by atoms with Crippen molar-refractivity contribution in [3.63, 3.8) is 0 Å². The Morgan fingerprint density at radius 2 is 2.11 bits per heavy atom. The number of halogens is 1. The number of anilines is 1. The van der Waals surface area contributed by atoms with Crippen LogP contribution in [-0.4, -0.2) is 41.0 Å². The zero-order chi connectivity index (χ0) is 13.0. The van der Waals surface area contributed by atoms with Crippen LogP contribution in [0.15, 0.2) is 6.33 Å². The lowest BCUT2D eigenvalue weighted by Gasteiger charge is -2.31. The number of piperidine rings is 1. The standard InChI is InChI=1S/C13H21ClN4/c1-3-18-6-4-11(5-7-18)8-15-13-10(2)12(14)16-9-17-13/h9,11H,3-8H2,1-2H3,(H,15,16,17). The molecule has 0 saturated carbocycles. The predicted octanol–water partition coefficient (Wildman–Crippen LogP) is 2.58. The van der Waals surface area contributed by atoms with E-state index in [-0.39, 0.29) is 0 Å². The van der Waals surface area contributed by atoms with Crippen LogP contribution in [0, 0.1) is 12.8 Å². The lowest BCUT2D eigenvalue weighted by atomic mass is 9.97. The molecule has 0 spiro atoms. The van der Waals surface area contributed by atoms with Crippen molar-refractivity contribution in [1.29, 1.82) is 0 Å². The first-order valence-corrected chi connectivity index (χ1v) is 7.01. The van der Waals surface area contributed by atoms with Gasteiger partial charge in [-0.15, -0.1) is 0 Å². The summed E-state index contributed by atoms with van der Waals surface area (Å²) in [6.45, 7) is 8.75. The minimum atomic E-state index is 0.535. The first-order chi connectivity index (χ1) is 8.70. The van der Waals surface area contributed by atoms with Crippen LogP contribution < -0.4 is 5.32 Å². The Labute approximate surface area is 114 Å². The summed E-state index contributed by atoms with van der Waals surface area (Å²) in [5.41, 5.74) is 0.935. The van der Waals surface area contributed by atoms with Gasteiger partial charge in [0, 0.05) is 12.1 Å². The molecule has 1 aromatic rings. The normalized spacial score (nSPS) is 17.9. The first-order valence-electron chi connectivity index (χ1n) is 6.64. The topological polar surface area (TPSA) is 41.0 Å². The summed E-state index contributed by atoms with van der Waals surface area (Å²) in [4.78, 5) is 10.7. The molecule has 0 unspecified atom stereocenters. The first kappa shape index (κ1) is 13.6. The van der Waals surface area contributed by atoms with Crippen molar-refractivity contribution < 1.29 is 0 Å². The van der Waals surface area contributed by atoms with Crippen molar-refractivity contribution in [3.05, 3.63) is 17.0 Å². The maximum absolute atomic E-state index is 5.98. The highest BCUT2D eigenvalue weighted by molar-refractivity contribution is 6.30. The molecule has 0 aliphatic carbocycles. The molecule has 1 aliphatic rings. The Bertz CT molecular complexity index is 389. The maximum atomic E-state index is 5.98. The quantitative estimate of drug-likeness (QED) is 0.853. The summed E-state index contributed by atoms with van der Waals surface area (Å²) >= 11 is 5.98. The molecule has 2 rings (SSSR count). The molecule has 1 saturated heterocycles. The summed E-state index contributed by atoms with van der Waals surface area (Å²) in [6, 6.07) is 0. The number of rotatable bonds is 4. The van der Waals surface area contributed by atoms with Gasteiger partial charge in [-0.3, -0.25) is 0 Å². The van der Waals surface area contributed by atoms with Crippen LogP contribution in [0.1, 0.15) is 25.3 Å². The third kappa shape index (κ3) is 3.33. The summed E-state index contributed by atoms with van der Waals surface area (Å²) in [5, 5.41) is 3.94. The zero-order valence-corrected chi connectivity index (χ0v) is 11.9. The van der Waals surface area contributed by atoms with Gasteiger partial charge in [-0.05, 0) is 45.3 Å². The van der Waals surface area contributed by atoms with E-state index in [1.807, 2.05) is 6.92 Å². The molecule has 1 N–H and O–H groups in total. The van der Waals surface area contributed by atoms with Crippen molar-refractivity contribution >= 4 is 17.4 Å². The van der Waals surface area contributed by atoms with Gasteiger partial charge in [0.05, 0.1) is 0 Å². The van der Waals surface area contributed by atoms with E-state index in [1.165, 1.54) is 38.8 Å². The molecule has 0 bridgehead atoms. The van der Waals surface area contributed by atoms with Gasteiger partial charge in [0.15, 0.2) is 0 Å². The number of likely N-dealkylation sites (tertiary alicyclic amines) is 1. The maximum Gasteiger partial charge on any atom is 0.137 e. The predicted molar refractivity (Wildman–Crippen MR) is 75.1 cm³/mol. The Hall–Kier alpha value is -0.870. The lowest BCUT2D eigenvalue weighted by molar-refractivity contribution is 0.198. The van der Waals surface area contributed by atoms with E-state index in [2.05, 4.69) is 27.1 Å². The Morgan fingerprint density at radius 3 is 2.78 bits per heavy atom. The number of nitrogens with one attached hydrogen (secondary N) is 1. The van der Waals surface area contributed by atoms with Crippen molar-refractivity contribution in [1.82, 2.24) is 14.9 Å². The molecule has 4 nitrogen and oxygen atoms in total. The zero-order valence-electron chi connectivity index (χ0n) is 11.1. The van der Waals surface area contributed by atoms with Gasteiger partial charge in [0.1, 0.15) is 17.3 Å². The van der Waals surface area contributed by atoms with Gasteiger partial charge in [-0.25, -0.2) is 9.97 Å². The summed E-state index contributed by atoms with van der Waals surface area (Å²) in [6.07, 6.45) is 4.04. The molecule has 0 radical (unpaired) electrons. The van der Waals surface area contributed by atoms with Crippen LogP contribution in [0.4, 0.5) is 5.82 Å². The minimum absolute atomic E-state index is 0.535. The minimum Gasteiger partial charge on any atom is -0.369 e. The average Bonchev–Trinajstić information content (AvgIpc) is 2.41. The van der Waals surface area contributed by atoms with Crippen LogP contribution in [-0.2, 0) is 0 Å². The second-order valence-electron chi connectivity index (χ2n) is 4.90. The number of aromatic nitrogens is 2. The highest BCUT2D eigenvalue weighted by atomic mass is 35.5. The molecular weight excluding hydrogens is 248 g/mol. The number of hydrogen-bond donors (Lipinski definition) is 1. The van der Waals surface area contributed by atoms with Gasteiger partial charge in [-0.1, -0.05) is 18.5 Å². The molecule has 2 heterocycles. The summed E-state index contributed by atoms with van der Waals surface area (Å²) in [7, 11) is 0. The van der Waals surface area contributed by atoms with Gasteiger partial charge in [0.25, 0.3) is 0 Å². The second-order valence-corrected chi connectivity index (χ2v) is 5.25. The molecule has 0 aromatic carbocycles. The monoisotopic (exact) mass is 268 g/mol. The lowest BCUT2D eigenvalue weighted by Crippen LogP contribution is -2.35. The SMILES string of the molecule is CCN1CCC(CNc2ncnc(Cl)c2C)CC1. The molecular formula is C13H21ClN4. The fourth-order valence-electron chi connectivity index (χ4n) is 2.35. The Kier molecular flexibility index (Phi) is 4.78. The summed E-state index contributed by atoms with van der Waals surface area (Å²) in [5.74, 6) is 1.61. The van der Waals surface area contributed by atoms with Crippen molar-refractivity contribution in [2.45, 2.75) is 26.7 Å². The smallest absolute Gasteiger partial charge is 0.137 e. The van der Waals surface area contributed by atoms with E-state index in [9.17, 15) is 0 Å². The van der Waals surface area contributed by atoms with Crippen LogP contribution in [0.3, 0.4) is 0 Å². The van der Waals surface area contributed by atoms with Crippen molar-refractivity contribution in [3.8, 4) is 0 Å². The summed E-state index contributed by atoms with van der Waals surface area (Å²) < 4.78 is 0. The molecule has 0 atom stereocenters. The van der Waals surface area contributed by atoms with Crippen molar-refractivity contribution in [2.75, 3.05) is 31.5 Å². The van der Waals surface area contributed by atoms with Crippen LogP contribution >= 0.6 is 11.6 Å². The van der Waals surface area contributed by atoms with Gasteiger partial charge >= 0.3 is 0 Å². The Balaban J connectivity index is 1.83. The van der Waals surface area contributed by atoms with E-state index in [1.54, 1.807) is 0 Å². The number of nitrogens with zero attached hydrogens (tertiary/aromatic N) is 3. The number of hydrogen-bond acceptors (Lipinski definition) is 4. The van der Waals surface area contributed by atoms with Crippen molar-refractivity contribution in [2.24, 2.45) is 5.92 Å². The van der Waals surface area contributed by atoms with Crippen LogP contribution in [0.25, 0.3) is 0 Å². The molecule has 0 amide bonds. The average molecular weight is 269 g/mol. The van der Waals surface area contributed by atoms with Gasteiger partial charge in [0.2, 0.25) is 0 Å². The van der Waals surface area contributed by atoms with Gasteiger partial charge < -0.3 is 10.2 Å². The Morgan fingerprint density at radius 1 is 1.39 bits per heavy atom. The third-order valence-electron chi connectivity index (χ3n) is 3.74.